The van der Waals surface area contributed by atoms with Crippen LogP contribution in [0.2, 0.25) is 0 Å². The van der Waals surface area contributed by atoms with Crippen LogP contribution in [0.15, 0.2) is 0 Å². The van der Waals surface area contributed by atoms with Crippen LogP contribution < -0.4 is 5.73 Å². The third-order valence-corrected chi connectivity index (χ3v) is 4.57. The molecule has 10 heteroatoms. The van der Waals surface area contributed by atoms with Gasteiger partial charge in [-0.1, -0.05) is 19.8 Å². The summed E-state index contributed by atoms with van der Waals surface area (Å²) >= 11 is 0. The summed E-state index contributed by atoms with van der Waals surface area (Å²) in [6.45, 7) is 2.25. The van der Waals surface area contributed by atoms with E-state index in [1.807, 2.05) is 0 Å². The van der Waals surface area contributed by atoms with Crippen molar-refractivity contribution < 1.29 is 44.3 Å². The first kappa shape index (κ1) is 20.8. The molecule has 0 aromatic heterocycles. The van der Waals surface area contributed by atoms with Crippen molar-refractivity contribution in [3.8, 4) is 0 Å². The fourth-order valence-corrected chi connectivity index (χ4v) is 3.04. The molecule has 1 aliphatic carbocycles. The molecule has 0 aromatic rings. The number of carbonyl (C=O) groups is 4. The van der Waals surface area contributed by atoms with Crippen LogP contribution in [0.5, 0.6) is 0 Å². The van der Waals surface area contributed by atoms with E-state index in [2.05, 4.69) is 11.7 Å². The van der Waals surface area contributed by atoms with Crippen molar-refractivity contribution in [2.45, 2.75) is 50.9 Å². The molecule has 0 aromatic carbocycles. The molecular weight excluding hydrogens is 338 g/mol. The van der Waals surface area contributed by atoms with Crippen molar-refractivity contribution in [3.63, 3.8) is 0 Å². The zero-order chi connectivity index (χ0) is 19.3. The van der Waals surface area contributed by atoms with Crippen LogP contribution in [0.1, 0.15) is 32.6 Å². The number of hydrogen-bond acceptors (Lipinski definition) is 6. The first-order valence-electron chi connectivity index (χ1n) is 7.90. The average Bonchev–Trinajstić information content (AvgIpc) is 2.92. The fourth-order valence-electron chi connectivity index (χ4n) is 3.04. The number of hydrogen-bond donors (Lipinski definition) is 5. The average molecular weight is 361 g/mol. The van der Waals surface area contributed by atoms with Gasteiger partial charge in [-0.25, -0.2) is 9.59 Å². The number of aliphatic carboxylic acids is 4. The van der Waals surface area contributed by atoms with Gasteiger partial charge >= 0.3 is 23.9 Å². The van der Waals surface area contributed by atoms with Crippen LogP contribution in [0, 0.1) is 17.8 Å². The lowest BCUT2D eigenvalue weighted by Gasteiger charge is -2.24. The molecule has 10 nitrogen and oxygen atoms in total. The monoisotopic (exact) mass is 361 g/mol. The molecule has 2 aliphatic rings. The summed E-state index contributed by atoms with van der Waals surface area (Å²) < 4.78 is 4.47. The second kappa shape index (κ2) is 8.77. The van der Waals surface area contributed by atoms with Crippen molar-refractivity contribution in [2.24, 2.45) is 23.5 Å². The molecule has 1 aliphatic heterocycles. The highest BCUT2D eigenvalue weighted by Crippen LogP contribution is 2.34. The molecule has 1 heterocycles. The van der Waals surface area contributed by atoms with Gasteiger partial charge < -0.3 is 30.9 Å². The molecule has 6 atom stereocenters. The lowest BCUT2D eigenvalue weighted by molar-refractivity contribution is -0.163. The van der Waals surface area contributed by atoms with Gasteiger partial charge in [0.25, 0.3) is 0 Å². The Bertz CT molecular complexity index is 489. The number of ether oxygens (including phenoxy) is 1. The third kappa shape index (κ3) is 5.13. The largest absolute Gasteiger partial charge is 0.481 e. The molecule has 0 radical (unpaired) electrons. The Balaban J connectivity index is 0.000000324. The van der Waals surface area contributed by atoms with Crippen LogP contribution in [-0.4, -0.2) is 62.6 Å². The van der Waals surface area contributed by atoms with Gasteiger partial charge in [-0.15, -0.1) is 0 Å². The standard InChI is InChI=1S/C8H8O9.C7H15N/c9-5(10)1-2(6(11)12)4(8(15)16)17-3(1)7(13)14;1-6-4-2-3-5-7(6)8/h1-4H,(H,9,10)(H,11,12)(H,13,14)(H,15,16);6-7H,2-5,8H2,1H3. The Morgan fingerprint density at radius 3 is 1.44 bits per heavy atom. The van der Waals surface area contributed by atoms with Crippen LogP contribution in [0.4, 0.5) is 0 Å². The van der Waals surface area contributed by atoms with Gasteiger partial charge in [-0.05, 0) is 18.8 Å². The zero-order valence-corrected chi connectivity index (χ0v) is 13.7. The molecule has 6 N–H and O–H groups in total. The summed E-state index contributed by atoms with van der Waals surface area (Å²) in [5.41, 5.74) is 5.78. The zero-order valence-electron chi connectivity index (χ0n) is 13.7. The minimum absolute atomic E-state index is 0.503. The highest BCUT2D eigenvalue weighted by atomic mass is 16.6. The van der Waals surface area contributed by atoms with E-state index in [1.54, 1.807) is 0 Å². The minimum Gasteiger partial charge on any atom is -0.481 e. The Labute approximate surface area is 143 Å². The second-order valence-electron chi connectivity index (χ2n) is 6.31. The number of carboxylic acids is 4. The first-order valence-corrected chi connectivity index (χ1v) is 7.90. The minimum atomic E-state index is -1.99. The van der Waals surface area contributed by atoms with Crippen LogP contribution in [0.25, 0.3) is 0 Å². The van der Waals surface area contributed by atoms with Gasteiger partial charge in [-0.2, -0.15) is 0 Å². The number of carboxylic acid groups (broad SMARTS) is 4. The molecule has 1 saturated carbocycles. The van der Waals surface area contributed by atoms with E-state index in [-0.39, 0.29) is 0 Å². The summed E-state index contributed by atoms with van der Waals surface area (Å²) in [6, 6.07) is 0.503. The summed E-state index contributed by atoms with van der Waals surface area (Å²) in [4.78, 5) is 43.0. The van der Waals surface area contributed by atoms with E-state index in [9.17, 15) is 19.2 Å². The van der Waals surface area contributed by atoms with E-state index in [0.717, 1.165) is 5.92 Å². The Hall–Kier alpha value is -2.20. The lowest BCUT2D eigenvalue weighted by atomic mass is 9.87. The van der Waals surface area contributed by atoms with E-state index in [4.69, 9.17) is 26.2 Å². The lowest BCUT2D eigenvalue weighted by Crippen LogP contribution is -2.39. The Kier molecular flexibility index (Phi) is 7.31. The quantitative estimate of drug-likeness (QED) is 0.451. The van der Waals surface area contributed by atoms with E-state index < -0.39 is 47.9 Å². The van der Waals surface area contributed by atoms with E-state index in [1.165, 1.54) is 25.7 Å². The Morgan fingerprint density at radius 1 is 0.800 bits per heavy atom. The molecule has 25 heavy (non-hydrogen) atoms. The van der Waals surface area contributed by atoms with Gasteiger partial charge in [0.1, 0.15) is 11.8 Å². The van der Waals surface area contributed by atoms with Gasteiger partial charge in [0.15, 0.2) is 12.2 Å². The van der Waals surface area contributed by atoms with Crippen molar-refractivity contribution in [1.82, 2.24) is 0 Å². The topological polar surface area (TPSA) is 184 Å². The molecule has 142 valence electrons. The van der Waals surface area contributed by atoms with Crippen molar-refractivity contribution >= 4 is 23.9 Å². The summed E-state index contributed by atoms with van der Waals surface area (Å²) in [6.07, 6.45) is 1.37. The molecule has 2 rings (SSSR count). The first-order chi connectivity index (χ1) is 11.6. The van der Waals surface area contributed by atoms with Gasteiger partial charge in [-0.3, -0.25) is 9.59 Å². The maximum absolute atomic E-state index is 10.8. The van der Waals surface area contributed by atoms with E-state index in [0.29, 0.717) is 6.04 Å². The van der Waals surface area contributed by atoms with Gasteiger partial charge in [0.05, 0.1) is 0 Å². The predicted octanol–water partition coefficient (Wildman–Crippen LogP) is -0.152. The molecular formula is C15H23NO9. The molecule has 2 fully saturated rings. The van der Waals surface area contributed by atoms with Gasteiger partial charge in [0, 0.05) is 6.04 Å². The molecule has 6 unspecified atom stereocenters. The predicted molar refractivity (Wildman–Crippen MR) is 81.8 cm³/mol. The van der Waals surface area contributed by atoms with Crippen LogP contribution >= 0.6 is 0 Å². The highest BCUT2D eigenvalue weighted by Gasteiger charge is 2.57. The SMILES string of the molecule is CC1CCCCC1N.O=C(O)C1OC(C(=O)O)C(C(=O)O)C1C(=O)O. The van der Waals surface area contributed by atoms with Crippen molar-refractivity contribution in [2.75, 3.05) is 0 Å². The Morgan fingerprint density at radius 2 is 1.20 bits per heavy atom. The van der Waals surface area contributed by atoms with Crippen LogP contribution in [0.3, 0.4) is 0 Å². The maximum atomic E-state index is 10.8. The third-order valence-electron chi connectivity index (χ3n) is 4.57. The maximum Gasteiger partial charge on any atom is 0.333 e. The molecule has 0 amide bonds. The number of nitrogens with two attached hydrogens (primary N) is 1. The summed E-state index contributed by atoms with van der Waals surface area (Å²) in [5, 5.41) is 34.8. The summed E-state index contributed by atoms with van der Waals surface area (Å²) in [7, 11) is 0. The molecule has 0 spiro atoms. The highest BCUT2D eigenvalue weighted by molar-refractivity contribution is 5.92. The molecule has 0 bridgehead atoms. The van der Waals surface area contributed by atoms with Gasteiger partial charge in [0.2, 0.25) is 0 Å². The smallest absolute Gasteiger partial charge is 0.333 e. The van der Waals surface area contributed by atoms with Crippen molar-refractivity contribution in [1.29, 1.82) is 0 Å². The van der Waals surface area contributed by atoms with E-state index >= 15 is 0 Å². The second-order valence-corrected chi connectivity index (χ2v) is 6.31. The fraction of sp³-hybridized carbons (Fsp3) is 0.733. The van der Waals surface area contributed by atoms with Crippen molar-refractivity contribution in [3.05, 3.63) is 0 Å². The number of rotatable bonds is 4. The van der Waals surface area contributed by atoms with Crippen LogP contribution in [-0.2, 0) is 23.9 Å². The molecule has 1 saturated heterocycles. The normalized spacial score (nSPS) is 34.5. The summed E-state index contributed by atoms with van der Waals surface area (Å²) in [5.74, 6) is -9.98.